The van der Waals surface area contributed by atoms with Crippen molar-refractivity contribution in [1.29, 1.82) is 0 Å². The predicted octanol–water partition coefficient (Wildman–Crippen LogP) is 8.23. The molecule has 0 spiro atoms. The van der Waals surface area contributed by atoms with Crippen molar-refractivity contribution in [2.24, 2.45) is 0 Å². The summed E-state index contributed by atoms with van der Waals surface area (Å²) in [6, 6.07) is 2.55. The molecule has 8 heteroatoms. The van der Waals surface area contributed by atoms with E-state index in [2.05, 4.69) is 86.9 Å². The Morgan fingerprint density at radius 1 is 0.743 bits per heavy atom. The van der Waals surface area contributed by atoms with Gasteiger partial charge in [-0.1, -0.05) is 74.5 Å². The first-order valence-electron chi connectivity index (χ1n) is 12.6. The molecule has 0 saturated carbocycles. The number of rotatable bonds is 6. The van der Waals surface area contributed by atoms with Gasteiger partial charge in [0.2, 0.25) is 5.95 Å². The summed E-state index contributed by atoms with van der Waals surface area (Å²) in [7, 11) is 0. The zero-order valence-electron chi connectivity index (χ0n) is 23.7. The SMILES string of the molecule is CC(C)c1cn(C(C)C)nn1.CC(C)c1cnnc(C(C)C)c1.CC(C)c1nc(F)c(C(C)C)s1. The van der Waals surface area contributed by atoms with E-state index in [0.29, 0.717) is 29.7 Å². The highest BCUT2D eigenvalue weighted by molar-refractivity contribution is 7.11. The van der Waals surface area contributed by atoms with E-state index in [1.807, 2.05) is 44.8 Å². The fourth-order valence-electron chi connectivity index (χ4n) is 2.74. The number of aromatic nitrogens is 6. The molecule has 196 valence electrons. The van der Waals surface area contributed by atoms with Crippen LogP contribution < -0.4 is 0 Å². The van der Waals surface area contributed by atoms with Gasteiger partial charge >= 0.3 is 0 Å². The summed E-state index contributed by atoms with van der Waals surface area (Å²) < 4.78 is 15.0. The number of halogens is 1. The van der Waals surface area contributed by atoms with Crippen LogP contribution >= 0.6 is 11.3 Å². The van der Waals surface area contributed by atoms with Crippen LogP contribution in [0.2, 0.25) is 0 Å². The van der Waals surface area contributed by atoms with E-state index in [0.717, 1.165) is 21.3 Å². The van der Waals surface area contributed by atoms with E-state index in [1.54, 1.807) is 0 Å². The highest BCUT2D eigenvalue weighted by Crippen LogP contribution is 2.29. The minimum atomic E-state index is -0.279. The largest absolute Gasteiger partial charge is 0.250 e. The molecule has 0 N–H and O–H groups in total. The molecule has 35 heavy (non-hydrogen) atoms. The first-order chi connectivity index (χ1) is 16.2. The van der Waals surface area contributed by atoms with Gasteiger partial charge in [0.1, 0.15) is 0 Å². The molecule has 3 heterocycles. The lowest BCUT2D eigenvalue weighted by molar-refractivity contribution is 0.514. The molecule has 0 aliphatic rings. The van der Waals surface area contributed by atoms with Crippen molar-refractivity contribution >= 4 is 11.3 Å². The van der Waals surface area contributed by atoms with E-state index in [-0.39, 0.29) is 11.9 Å². The Morgan fingerprint density at radius 3 is 1.69 bits per heavy atom. The Labute approximate surface area is 215 Å². The standard InChI is InChI=1S/C10H16N2.C9H14FNS.C8H15N3/c1-7(2)9-5-10(8(3)4)12-11-6-9;1-5(2)7-8(10)11-9(12-7)6(3)4;1-6(2)8-5-11(7(3)4)10-9-8/h5-8H,1-4H3;5-6H,1-4H3;5-7H,1-4H3. The minimum Gasteiger partial charge on any atom is -0.250 e. The molecule has 0 fully saturated rings. The second kappa shape index (κ2) is 14.4. The fourth-order valence-corrected chi connectivity index (χ4v) is 3.69. The van der Waals surface area contributed by atoms with Gasteiger partial charge in [0, 0.05) is 18.2 Å². The Bertz CT molecular complexity index is 959. The summed E-state index contributed by atoms with van der Waals surface area (Å²) in [5.41, 5.74) is 3.42. The van der Waals surface area contributed by atoms with Gasteiger partial charge in [-0.3, -0.25) is 0 Å². The molecule has 0 aliphatic heterocycles. The summed E-state index contributed by atoms with van der Waals surface area (Å²) in [4.78, 5) is 4.66. The van der Waals surface area contributed by atoms with Gasteiger partial charge < -0.3 is 0 Å². The van der Waals surface area contributed by atoms with Gasteiger partial charge in [-0.2, -0.15) is 14.6 Å². The van der Waals surface area contributed by atoms with Crippen LogP contribution in [0, 0.1) is 5.95 Å². The monoisotopic (exact) mass is 504 g/mol. The molecule has 0 radical (unpaired) electrons. The van der Waals surface area contributed by atoms with Crippen LogP contribution in [0.3, 0.4) is 0 Å². The van der Waals surface area contributed by atoms with Crippen LogP contribution in [-0.2, 0) is 0 Å². The smallest absolute Gasteiger partial charge is 0.227 e. The highest BCUT2D eigenvalue weighted by Gasteiger charge is 2.15. The molecule has 0 bridgehead atoms. The third kappa shape index (κ3) is 10.1. The van der Waals surface area contributed by atoms with Crippen LogP contribution in [0.15, 0.2) is 18.5 Å². The van der Waals surface area contributed by atoms with Crippen molar-refractivity contribution in [3.63, 3.8) is 0 Å². The summed E-state index contributed by atoms with van der Waals surface area (Å²) >= 11 is 1.49. The van der Waals surface area contributed by atoms with Crippen molar-refractivity contribution < 1.29 is 4.39 Å². The Morgan fingerprint density at radius 2 is 1.34 bits per heavy atom. The molecule has 0 saturated heterocycles. The first-order valence-corrected chi connectivity index (χ1v) is 13.5. The first kappa shape index (κ1) is 30.8. The highest BCUT2D eigenvalue weighted by atomic mass is 32.1. The van der Waals surface area contributed by atoms with Crippen LogP contribution in [0.25, 0.3) is 0 Å². The normalized spacial score (nSPS) is 11.4. The van der Waals surface area contributed by atoms with Gasteiger partial charge in [0.25, 0.3) is 0 Å². The quantitative estimate of drug-likeness (QED) is 0.338. The van der Waals surface area contributed by atoms with Crippen molar-refractivity contribution in [3.05, 3.63) is 51.2 Å². The maximum absolute atomic E-state index is 13.1. The molecular weight excluding hydrogens is 459 g/mol. The molecule has 0 aliphatic carbocycles. The van der Waals surface area contributed by atoms with Gasteiger partial charge in [-0.25, -0.2) is 9.67 Å². The molecule has 3 rings (SSSR count). The van der Waals surface area contributed by atoms with Crippen molar-refractivity contribution in [3.8, 4) is 0 Å². The molecule has 0 unspecified atom stereocenters. The van der Waals surface area contributed by atoms with E-state index >= 15 is 0 Å². The Balaban J connectivity index is 0.000000263. The van der Waals surface area contributed by atoms with Crippen LogP contribution in [0.5, 0.6) is 0 Å². The predicted molar refractivity (Wildman–Crippen MR) is 145 cm³/mol. The number of hydrogen-bond donors (Lipinski definition) is 0. The Hall–Kier alpha value is -2.22. The van der Waals surface area contributed by atoms with Gasteiger partial charge in [-0.05, 0) is 49.1 Å². The van der Waals surface area contributed by atoms with Crippen molar-refractivity contribution in [2.45, 2.75) is 119 Å². The summed E-state index contributed by atoms with van der Waals surface area (Å²) in [6.45, 7) is 25.1. The maximum atomic E-state index is 13.1. The van der Waals surface area contributed by atoms with Gasteiger partial charge in [0.05, 0.1) is 27.5 Å². The zero-order valence-corrected chi connectivity index (χ0v) is 24.5. The van der Waals surface area contributed by atoms with E-state index < -0.39 is 0 Å². The van der Waals surface area contributed by atoms with E-state index in [9.17, 15) is 4.39 Å². The van der Waals surface area contributed by atoms with E-state index in [1.165, 1.54) is 16.9 Å². The van der Waals surface area contributed by atoms with Gasteiger partial charge in [-0.15, -0.1) is 16.4 Å². The van der Waals surface area contributed by atoms with Crippen LogP contribution in [0.4, 0.5) is 4.39 Å². The Kier molecular flexibility index (Phi) is 12.6. The number of nitrogens with zero attached hydrogens (tertiary/aromatic N) is 6. The lowest BCUT2D eigenvalue weighted by Crippen LogP contribution is -2.00. The van der Waals surface area contributed by atoms with Gasteiger partial charge in [0.15, 0.2) is 0 Å². The molecule has 0 amide bonds. The maximum Gasteiger partial charge on any atom is 0.227 e. The summed E-state index contributed by atoms with van der Waals surface area (Å²) in [5.74, 6) is 1.78. The third-order valence-corrected chi connectivity index (χ3v) is 6.88. The van der Waals surface area contributed by atoms with Crippen LogP contribution in [-0.4, -0.2) is 30.2 Å². The second-order valence-corrected chi connectivity index (χ2v) is 11.7. The zero-order chi connectivity index (χ0) is 26.9. The molecule has 3 aromatic heterocycles. The van der Waals surface area contributed by atoms with E-state index in [4.69, 9.17) is 0 Å². The lowest BCUT2D eigenvalue weighted by Gasteiger charge is -2.07. The third-order valence-electron chi connectivity index (χ3n) is 5.25. The molecular formula is C27H45FN6S. The number of thiazole rings is 1. The average molecular weight is 505 g/mol. The summed E-state index contributed by atoms with van der Waals surface area (Å²) in [6.07, 6.45) is 3.85. The second-order valence-electron chi connectivity index (χ2n) is 10.6. The molecule has 0 aromatic carbocycles. The average Bonchev–Trinajstić information content (AvgIpc) is 3.42. The van der Waals surface area contributed by atoms with Crippen LogP contribution in [0.1, 0.15) is 146 Å². The molecule has 6 nitrogen and oxygen atoms in total. The molecule has 0 atom stereocenters. The summed E-state index contributed by atoms with van der Waals surface area (Å²) in [5, 5.41) is 17.0. The lowest BCUT2D eigenvalue weighted by atomic mass is 10.0. The number of hydrogen-bond acceptors (Lipinski definition) is 6. The minimum absolute atomic E-state index is 0.245. The van der Waals surface area contributed by atoms with Crippen molar-refractivity contribution in [2.75, 3.05) is 0 Å². The fraction of sp³-hybridized carbons (Fsp3) is 0.667. The van der Waals surface area contributed by atoms with Crippen molar-refractivity contribution in [1.82, 2.24) is 30.2 Å². The molecule has 3 aromatic rings. The topological polar surface area (TPSA) is 69.4 Å².